The van der Waals surface area contributed by atoms with Crippen LogP contribution >= 0.6 is 31.9 Å². The number of fused-ring (bicyclic) bond motifs is 1. The minimum atomic E-state index is -0.333. The maximum Gasteiger partial charge on any atom is 0.0606 e. The molecule has 3 aromatic carbocycles. The van der Waals surface area contributed by atoms with Crippen LogP contribution in [0.2, 0.25) is 0 Å². The van der Waals surface area contributed by atoms with Gasteiger partial charge in [0.1, 0.15) is 0 Å². The Hall–Kier alpha value is -1.40. The van der Waals surface area contributed by atoms with E-state index < -0.39 is 0 Å². The second-order valence-corrected chi connectivity index (χ2v) is 9.37. The normalized spacial score (nSPS) is 12.3. The number of rotatable bonds is 11. The number of aliphatic hydroxyl groups excluding tert-OH is 2. The van der Waals surface area contributed by atoms with Crippen LogP contribution in [0.25, 0.3) is 10.8 Å². The number of benzene rings is 3. The number of hydrogen-bond acceptors (Lipinski definition) is 3. The summed E-state index contributed by atoms with van der Waals surface area (Å²) in [6.45, 7) is 1.73. The second kappa shape index (κ2) is 11.8. The van der Waals surface area contributed by atoms with Crippen molar-refractivity contribution in [1.29, 1.82) is 0 Å². The molecule has 0 bridgehead atoms. The molecule has 0 aliphatic heterocycles. The van der Waals surface area contributed by atoms with Crippen LogP contribution in [0.3, 0.4) is 0 Å². The van der Waals surface area contributed by atoms with Gasteiger partial charge in [0.2, 0.25) is 0 Å². The number of anilines is 1. The molecule has 3 aromatic rings. The molecule has 5 heteroatoms. The summed E-state index contributed by atoms with van der Waals surface area (Å²) in [5, 5.41) is 22.3. The molecule has 160 valence electrons. The number of aliphatic hydroxyl groups is 2. The fraction of sp³-hybridized carbons (Fsp3) is 0.360. The Bertz CT molecular complexity index is 933. The second-order valence-electron chi connectivity index (χ2n) is 7.66. The summed E-state index contributed by atoms with van der Waals surface area (Å²) in [5.41, 5.74) is 2.34. The predicted molar refractivity (Wildman–Crippen MR) is 133 cm³/mol. The molecule has 3 rings (SSSR count). The number of halogens is 2. The highest BCUT2D eigenvalue weighted by Gasteiger charge is 2.11. The molecular formula is C25H29Br2NO2. The van der Waals surface area contributed by atoms with Gasteiger partial charge in [-0.2, -0.15) is 0 Å². The standard InChI is InChI=1S/C25H29Br2NO2/c26-24-17-20-9-7-8-19(23(20)18-25(24)27)16-22(30)12-5-2-6-13-28(14-15-29)21-10-3-1-4-11-21/h1,3-4,7-11,17-18,22,29-30H,2,5-6,12-16H2. The monoisotopic (exact) mass is 533 g/mol. The van der Waals surface area contributed by atoms with Crippen LogP contribution in [-0.2, 0) is 6.42 Å². The Morgan fingerprint density at radius 1 is 0.833 bits per heavy atom. The Balaban J connectivity index is 1.47. The van der Waals surface area contributed by atoms with E-state index in [2.05, 4.69) is 79.2 Å². The van der Waals surface area contributed by atoms with E-state index in [1.165, 1.54) is 16.3 Å². The van der Waals surface area contributed by atoms with Gasteiger partial charge < -0.3 is 15.1 Å². The molecule has 0 saturated heterocycles. The van der Waals surface area contributed by atoms with Crippen LogP contribution in [0.15, 0.2) is 69.6 Å². The van der Waals surface area contributed by atoms with Crippen molar-refractivity contribution in [1.82, 2.24) is 0 Å². The van der Waals surface area contributed by atoms with Gasteiger partial charge in [-0.1, -0.05) is 49.2 Å². The zero-order valence-corrected chi connectivity index (χ0v) is 20.3. The SMILES string of the molecule is OCCN(CCCCCC(O)Cc1cccc2cc(Br)c(Br)cc12)c1ccccc1. The van der Waals surface area contributed by atoms with Crippen molar-refractivity contribution >= 4 is 48.3 Å². The minimum Gasteiger partial charge on any atom is -0.395 e. The molecule has 3 nitrogen and oxygen atoms in total. The highest BCUT2D eigenvalue weighted by molar-refractivity contribution is 9.13. The maximum atomic E-state index is 10.6. The van der Waals surface area contributed by atoms with Crippen molar-refractivity contribution in [2.75, 3.05) is 24.6 Å². The minimum absolute atomic E-state index is 0.158. The third kappa shape index (κ3) is 6.55. The van der Waals surface area contributed by atoms with Crippen LogP contribution in [0.5, 0.6) is 0 Å². The fourth-order valence-corrected chi connectivity index (χ4v) is 4.56. The maximum absolute atomic E-state index is 10.6. The third-order valence-electron chi connectivity index (χ3n) is 5.42. The molecule has 0 radical (unpaired) electrons. The summed E-state index contributed by atoms with van der Waals surface area (Å²) in [5.74, 6) is 0. The van der Waals surface area contributed by atoms with Gasteiger partial charge in [0.25, 0.3) is 0 Å². The smallest absolute Gasteiger partial charge is 0.0606 e. The number of hydrogen-bond donors (Lipinski definition) is 2. The molecule has 0 fully saturated rings. The van der Waals surface area contributed by atoms with Crippen molar-refractivity contribution in [2.45, 2.75) is 38.2 Å². The lowest BCUT2D eigenvalue weighted by atomic mass is 9.97. The molecule has 30 heavy (non-hydrogen) atoms. The quantitative estimate of drug-likeness (QED) is 0.282. The van der Waals surface area contributed by atoms with Gasteiger partial charge in [0.15, 0.2) is 0 Å². The summed E-state index contributed by atoms with van der Waals surface area (Å²) in [4.78, 5) is 2.22. The van der Waals surface area contributed by atoms with E-state index in [-0.39, 0.29) is 12.7 Å². The Labute approximate surface area is 196 Å². The van der Waals surface area contributed by atoms with E-state index in [1.807, 2.05) is 18.2 Å². The average molecular weight is 535 g/mol. The van der Waals surface area contributed by atoms with Crippen LogP contribution in [0, 0.1) is 0 Å². The molecular weight excluding hydrogens is 506 g/mol. The lowest BCUT2D eigenvalue weighted by Crippen LogP contribution is -2.27. The van der Waals surface area contributed by atoms with E-state index in [4.69, 9.17) is 0 Å². The lowest BCUT2D eigenvalue weighted by Gasteiger charge is -2.24. The van der Waals surface area contributed by atoms with Gasteiger partial charge in [-0.15, -0.1) is 0 Å². The molecule has 0 spiro atoms. The first-order valence-electron chi connectivity index (χ1n) is 10.5. The number of para-hydroxylation sites is 1. The van der Waals surface area contributed by atoms with Crippen LogP contribution in [0.1, 0.15) is 31.2 Å². The topological polar surface area (TPSA) is 43.7 Å². The largest absolute Gasteiger partial charge is 0.395 e. The predicted octanol–water partition coefficient (Wildman–Crippen LogP) is 6.33. The summed E-state index contributed by atoms with van der Waals surface area (Å²) in [7, 11) is 0. The zero-order chi connectivity index (χ0) is 21.3. The van der Waals surface area contributed by atoms with Crippen LogP contribution < -0.4 is 4.90 Å². The van der Waals surface area contributed by atoms with Gasteiger partial charge in [-0.3, -0.25) is 0 Å². The molecule has 0 aromatic heterocycles. The average Bonchev–Trinajstić information content (AvgIpc) is 2.75. The van der Waals surface area contributed by atoms with Gasteiger partial charge in [-0.25, -0.2) is 0 Å². The van der Waals surface area contributed by atoms with Crippen molar-refractivity contribution in [3.05, 3.63) is 75.2 Å². The highest BCUT2D eigenvalue weighted by Crippen LogP contribution is 2.31. The Kier molecular flexibility index (Phi) is 9.19. The molecule has 0 saturated carbocycles. The molecule has 0 heterocycles. The molecule has 1 atom stereocenters. The summed E-state index contributed by atoms with van der Waals surface area (Å²) >= 11 is 7.15. The molecule has 0 aliphatic rings. The van der Waals surface area contributed by atoms with Crippen molar-refractivity contribution in [3.63, 3.8) is 0 Å². The van der Waals surface area contributed by atoms with Gasteiger partial charge in [0, 0.05) is 27.7 Å². The summed E-state index contributed by atoms with van der Waals surface area (Å²) in [6.07, 6.45) is 4.27. The van der Waals surface area contributed by atoms with E-state index in [0.29, 0.717) is 13.0 Å². The summed E-state index contributed by atoms with van der Waals surface area (Å²) < 4.78 is 2.07. The molecule has 0 amide bonds. The molecule has 2 N–H and O–H groups in total. The first-order valence-corrected chi connectivity index (χ1v) is 12.1. The first kappa shape index (κ1) is 23.3. The van der Waals surface area contributed by atoms with Crippen molar-refractivity contribution < 1.29 is 10.2 Å². The van der Waals surface area contributed by atoms with Gasteiger partial charge >= 0.3 is 0 Å². The lowest BCUT2D eigenvalue weighted by molar-refractivity contribution is 0.161. The third-order valence-corrected chi connectivity index (χ3v) is 7.27. The van der Waals surface area contributed by atoms with Gasteiger partial charge in [-0.05, 0) is 91.7 Å². The van der Waals surface area contributed by atoms with Gasteiger partial charge in [0.05, 0.1) is 12.7 Å². The van der Waals surface area contributed by atoms with E-state index in [1.54, 1.807) is 0 Å². The number of unbranched alkanes of at least 4 members (excludes halogenated alkanes) is 2. The molecule has 0 aliphatic carbocycles. The van der Waals surface area contributed by atoms with E-state index >= 15 is 0 Å². The fourth-order valence-electron chi connectivity index (χ4n) is 3.86. The van der Waals surface area contributed by atoms with Crippen molar-refractivity contribution in [3.8, 4) is 0 Å². The Morgan fingerprint density at radius 3 is 2.37 bits per heavy atom. The zero-order valence-electron chi connectivity index (χ0n) is 17.1. The highest BCUT2D eigenvalue weighted by atomic mass is 79.9. The Morgan fingerprint density at radius 2 is 1.60 bits per heavy atom. The van der Waals surface area contributed by atoms with Crippen LogP contribution in [-0.4, -0.2) is 36.0 Å². The first-order chi connectivity index (χ1) is 14.6. The van der Waals surface area contributed by atoms with Crippen molar-refractivity contribution in [2.24, 2.45) is 0 Å². The molecule has 1 unspecified atom stereocenters. The number of nitrogens with zero attached hydrogens (tertiary/aromatic N) is 1. The summed E-state index contributed by atoms with van der Waals surface area (Å²) in [6, 6.07) is 20.7. The van der Waals surface area contributed by atoms with E-state index in [9.17, 15) is 10.2 Å². The van der Waals surface area contributed by atoms with Crippen LogP contribution in [0.4, 0.5) is 5.69 Å². The van der Waals surface area contributed by atoms with E-state index in [0.717, 1.165) is 46.9 Å².